The number of aromatic nitrogens is 1. The number of phenolic OH excluding ortho intramolecular Hbond substituents is 1. The number of methoxy groups -OCH3 is 1. The van der Waals surface area contributed by atoms with E-state index in [1.807, 2.05) is 36.5 Å². The van der Waals surface area contributed by atoms with Crippen LogP contribution in [0.3, 0.4) is 0 Å². The van der Waals surface area contributed by atoms with Crippen LogP contribution in [0, 0.1) is 5.82 Å². The van der Waals surface area contributed by atoms with E-state index < -0.39 is 0 Å². The van der Waals surface area contributed by atoms with Gasteiger partial charge in [0.2, 0.25) is 5.91 Å². The van der Waals surface area contributed by atoms with Crippen molar-refractivity contribution in [2.24, 2.45) is 0 Å². The lowest BCUT2D eigenvalue weighted by Crippen LogP contribution is -2.14. The topological polar surface area (TPSA) is 63.5 Å². The number of rotatable bonds is 4. The highest BCUT2D eigenvalue weighted by Crippen LogP contribution is 2.42. The van der Waals surface area contributed by atoms with Crippen molar-refractivity contribution in [2.45, 2.75) is 18.9 Å². The Bertz CT molecular complexity index is 1310. The van der Waals surface area contributed by atoms with Crippen molar-refractivity contribution in [1.29, 1.82) is 0 Å². The number of hydrogen-bond donors (Lipinski definition) is 2. The summed E-state index contributed by atoms with van der Waals surface area (Å²) >= 11 is 0. The molecule has 0 bridgehead atoms. The number of carbonyl (C=O) groups excluding carboxylic acids is 1. The van der Waals surface area contributed by atoms with Crippen molar-refractivity contribution >= 4 is 22.5 Å². The van der Waals surface area contributed by atoms with Crippen LogP contribution in [0.5, 0.6) is 11.5 Å². The molecule has 5 rings (SSSR count). The first kappa shape index (κ1) is 19.2. The van der Waals surface area contributed by atoms with Crippen molar-refractivity contribution in [2.75, 3.05) is 12.4 Å². The van der Waals surface area contributed by atoms with Gasteiger partial charge in [-0.3, -0.25) is 4.79 Å². The van der Waals surface area contributed by atoms with Gasteiger partial charge in [-0.2, -0.15) is 0 Å². The van der Waals surface area contributed by atoms with E-state index in [9.17, 15) is 14.3 Å². The Morgan fingerprint density at radius 3 is 2.81 bits per heavy atom. The molecule has 0 spiro atoms. The molecule has 4 aromatic rings. The minimum atomic E-state index is -0.266. The predicted octanol–water partition coefficient (Wildman–Crippen LogP) is 5.02. The number of nitrogens with one attached hydrogen (secondary N) is 1. The summed E-state index contributed by atoms with van der Waals surface area (Å²) in [7, 11) is 1.50. The van der Waals surface area contributed by atoms with Gasteiger partial charge >= 0.3 is 0 Å². The average molecular weight is 416 g/mol. The van der Waals surface area contributed by atoms with Crippen LogP contribution in [0.4, 0.5) is 10.1 Å². The fourth-order valence-corrected chi connectivity index (χ4v) is 4.42. The summed E-state index contributed by atoms with van der Waals surface area (Å²) in [6.07, 6.45) is 2.31. The van der Waals surface area contributed by atoms with Gasteiger partial charge in [0.25, 0.3) is 0 Å². The molecule has 1 aliphatic rings. The molecule has 1 amide bonds. The Morgan fingerprint density at radius 1 is 1.16 bits per heavy atom. The average Bonchev–Trinajstić information content (AvgIpc) is 3.04. The lowest BCUT2D eigenvalue weighted by Gasteiger charge is -2.16. The zero-order valence-corrected chi connectivity index (χ0v) is 16.9. The molecule has 1 aliphatic heterocycles. The SMILES string of the molecule is COc1cc([C@H]2CC(=O)Nc3cccc4c3c2cn4Cc2cccc(F)c2)ccc1O. The zero-order valence-electron chi connectivity index (χ0n) is 16.9. The Kier molecular flexibility index (Phi) is 4.62. The van der Waals surface area contributed by atoms with E-state index >= 15 is 0 Å². The number of nitrogens with zero attached hydrogens (tertiary/aromatic N) is 1. The van der Waals surface area contributed by atoms with Crippen LogP contribution in [0.1, 0.15) is 29.0 Å². The fraction of sp³-hybridized carbons (Fsp3) is 0.160. The maximum atomic E-state index is 13.7. The second-order valence-electron chi connectivity index (χ2n) is 7.78. The monoisotopic (exact) mass is 416 g/mol. The summed E-state index contributed by atoms with van der Waals surface area (Å²) in [4.78, 5) is 12.7. The van der Waals surface area contributed by atoms with Crippen LogP contribution < -0.4 is 10.1 Å². The third-order valence-electron chi connectivity index (χ3n) is 5.82. The normalized spacial score (nSPS) is 15.5. The number of amides is 1. The van der Waals surface area contributed by atoms with Gasteiger partial charge in [-0.25, -0.2) is 4.39 Å². The molecule has 2 heterocycles. The van der Waals surface area contributed by atoms with Crippen LogP contribution in [0.15, 0.2) is 66.9 Å². The molecular formula is C25H21FN2O3. The highest BCUT2D eigenvalue weighted by atomic mass is 19.1. The lowest BCUT2D eigenvalue weighted by atomic mass is 9.88. The number of ether oxygens (including phenoxy) is 1. The maximum Gasteiger partial charge on any atom is 0.225 e. The Morgan fingerprint density at radius 2 is 2.00 bits per heavy atom. The summed E-state index contributed by atoms with van der Waals surface area (Å²) in [5.74, 6) is -0.131. The second-order valence-corrected chi connectivity index (χ2v) is 7.78. The molecule has 3 aromatic carbocycles. The summed E-state index contributed by atoms with van der Waals surface area (Å²) in [6.45, 7) is 0.511. The molecule has 6 heteroatoms. The predicted molar refractivity (Wildman–Crippen MR) is 117 cm³/mol. The van der Waals surface area contributed by atoms with Crippen molar-refractivity contribution < 1.29 is 19.0 Å². The second kappa shape index (κ2) is 7.47. The molecule has 156 valence electrons. The molecule has 1 aromatic heterocycles. The minimum Gasteiger partial charge on any atom is -0.504 e. The number of halogens is 1. The first-order valence-corrected chi connectivity index (χ1v) is 10.1. The third kappa shape index (κ3) is 3.40. The molecule has 0 unspecified atom stereocenters. The van der Waals surface area contributed by atoms with Gasteiger partial charge in [0.1, 0.15) is 5.82 Å². The standard InChI is InChI=1S/C25H21FN2O3/c1-31-23-11-16(8-9-22(23)29)18-12-24(30)27-20-6-3-7-21-25(20)19(18)14-28(21)13-15-4-2-5-17(26)10-15/h2-11,14,18,29H,12-13H2,1H3,(H,27,30)/t18-/m1/s1. The summed E-state index contributed by atoms with van der Waals surface area (Å²) in [5, 5.41) is 14.0. The Hall–Kier alpha value is -3.80. The van der Waals surface area contributed by atoms with Gasteiger partial charge in [0.05, 0.1) is 18.3 Å². The van der Waals surface area contributed by atoms with Crippen molar-refractivity contribution in [3.63, 3.8) is 0 Å². The zero-order chi connectivity index (χ0) is 21.5. The van der Waals surface area contributed by atoms with Crippen molar-refractivity contribution in [3.8, 4) is 11.5 Å². The van der Waals surface area contributed by atoms with E-state index in [0.717, 1.165) is 33.3 Å². The Balaban J connectivity index is 1.68. The third-order valence-corrected chi connectivity index (χ3v) is 5.82. The van der Waals surface area contributed by atoms with Gasteiger partial charge in [0.15, 0.2) is 11.5 Å². The minimum absolute atomic E-state index is 0.0542. The summed E-state index contributed by atoms with van der Waals surface area (Å²) in [6, 6.07) is 17.6. The van der Waals surface area contributed by atoms with E-state index in [0.29, 0.717) is 12.3 Å². The summed E-state index contributed by atoms with van der Waals surface area (Å²) in [5.41, 5.74) is 4.48. The van der Waals surface area contributed by atoms with E-state index in [4.69, 9.17) is 4.74 Å². The van der Waals surface area contributed by atoms with E-state index in [1.165, 1.54) is 19.2 Å². The van der Waals surface area contributed by atoms with Crippen LogP contribution >= 0.6 is 0 Å². The van der Waals surface area contributed by atoms with E-state index in [1.54, 1.807) is 18.2 Å². The summed E-state index contributed by atoms with van der Waals surface area (Å²) < 4.78 is 21.1. The molecule has 0 saturated carbocycles. The quantitative estimate of drug-likeness (QED) is 0.491. The van der Waals surface area contributed by atoms with Gasteiger partial charge < -0.3 is 19.7 Å². The van der Waals surface area contributed by atoms with Gasteiger partial charge in [0, 0.05) is 30.5 Å². The number of carbonyl (C=O) groups is 1. The first-order chi connectivity index (χ1) is 15.0. The number of anilines is 1. The largest absolute Gasteiger partial charge is 0.504 e. The molecule has 0 radical (unpaired) electrons. The first-order valence-electron chi connectivity index (χ1n) is 10.1. The highest BCUT2D eigenvalue weighted by molar-refractivity contribution is 6.06. The molecule has 0 aliphatic carbocycles. The molecule has 0 fully saturated rings. The van der Waals surface area contributed by atoms with Crippen molar-refractivity contribution in [1.82, 2.24) is 4.57 Å². The molecule has 5 nitrogen and oxygen atoms in total. The van der Waals surface area contributed by atoms with Gasteiger partial charge in [-0.05, 0) is 53.1 Å². The fourth-order valence-electron chi connectivity index (χ4n) is 4.42. The lowest BCUT2D eigenvalue weighted by molar-refractivity contribution is -0.116. The molecular weight excluding hydrogens is 395 g/mol. The molecule has 31 heavy (non-hydrogen) atoms. The van der Waals surface area contributed by atoms with Gasteiger partial charge in [-0.15, -0.1) is 0 Å². The molecule has 0 saturated heterocycles. The smallest absolute Gasteiger partial charge is 0.225 e. The molecule has 2 N–H and O–H groups in total. The maximum absolute atomic E-state index is 13.7. The van der Waals surface area contributed by atoms with Gasteiger partial charge in [-0.1, -0.05) is 24.3 Å². The van der Waals surface area contributed by atoms with E-state index in [-0.39, 0.29) is 29.8 Å². The van der Waals surface area contributed by atoms with E-state index in [2.05, 4.69) is 9.88 Å². The van der Waals surface area contributed by atoms with Crippen LogP contribution in [0.2, 0.25) is 0 Å². The molecule has 1 atom stereocenters. The number of hydrogen-bond acceptors (Lipinski definition) is 3. The Labute approximate surface area is 178 Å². The van der Waals surface area contributed by atoms with Crippen molar-refractivity contribution in [3.05, 3.63) is 89.4 Å². The number of benzene rings is 3. The van der Waals surface area contributed by atoms with Crippen LogP contribution in [-0.2, 0) is 11.3 Å². The number of phenols is 1. The highest BCUT2D eigenvalue weighted by Gasteiger charge is 2.28. The number of aromatic hydroxyl groups is 1. The van der Waals surface area contributed by atoms with Crippen LogP contribution in [0.25, 0.3) is 10.9 Å². The van der Waals surface area contributed by atoms with Crippen LogP contribution in [-0.4, -0.2) is 22.7 Å².